The van der Waals surface area contributed by atoms with Crippen molar-refractivity contribution in [1.82, 2.24) is 10.3 Å². The van der Waals surface area contributed by atoms with Crippen LogP contribution in [0.4, 0.5) is 24.7 Å². The van der Waals surface area contributed by atoms with E-state index in [1.54, 1.807) is 26.0 Å². The number of benzene rings is 1. The Hall–Kier alpha value is -3.06. The maximum Gasteiger partial charge on any atom is 0.405 e. The summed E-state index contributed by atoms with van der Waals surface area (Å²) in [5, 5.41) is 7.28. The summed E-state index contributed by atoms with van der Waals surface area (Å²) in [6.45, 7) is 1.55. The van der Waals surface area contributed by atoms with Crippen LogP contribution in [0, 0.1) is 0 Å². The molecule has 0 saturated heterocycles. The van der Waals surface area contributed by atoms with Crippen molar-refractivity contribution < 1.29 is 32.3 Å². The zero-order valence-electron chi connectivity index (χ0n) is 17.1. The number of anilines is 2. The van der Waals surface area contributed by atoms with Crippen molar-refractivity contribution in [2.75, 3.05) is 17.2 Å². The van der Waals surface area contributed by atoms with Crippen LogP contribution in [0.15, 0.2) is 28.1 Å². The lowest BCUT2D eigenvalue weighted by Gasteiger charge is -2.31. The zero-order valence-corrected chi connectivity index (χ0v) is 19.5. The average Bonchev–Trinajstić information content (AvgIpc) is 3.28. The number of rotatable bonds is 4. The van der Waals surface area contributed by atoms with Crippen LogP contribution in [-0.4, -0.2) is 41.0 Å². The van der Waals surface area contributed by atoms with Gasteiger partial charge in [0, 0.05) is 5.39 Å². The second-order valence-electron chi connectivity index (χ2n) is 7.69. The van der Waals surface area contributed by atoms with Crippen LogP contribution in [0.1, 0.15) is 33.9 Å². The topological polar surface area (TPSA) is 112 Å². The predicted molar refractivity (Wildman–Crippen MR) is 120 cm³/mol. The van der Waals surface area contributed by atoms with E-state index in [0.29, 0.717) is 19.9 Å². The fourth-order valence-corrected chi connectivity index (χ4v) is 4.49. The lowest BCUT2D eigenvalue weighted by Crippen LogP contribution is -2.45. The van der Waals surface area contributed by atoms with Gasteiger partial charge >= 0.3 is 6.18 Å². The lowest BCUT2D eigenvalue weighted by molar-refractivity contribution is -0.129. The predicted octanol–water partition coefficient (Wildman–Crippen LogP) is 4.65. The molecular weight excluding hydrogens is 529 g/mol. The Kier molecular flexibility index (Phi) is 5.65. The van der Waals surface area contributed by atoms with Crippen molar-refractivity contribution in [2.45, 2.75) is 25.6 Å². The molecule has 0 spiro atoms. The number of carbonyl (C=O) groups is 3. The van der Waals surface area contributed by atoms with Gasteiger partial charge in [-0.1, -0.05) is 0 Å². The van der Waals surface area contributed by atoms with E-state index in [1.807, 2.05) is 5.32 Å². The number of aromatic nitrogens is 1. The van der Waals surface area contributed by atoms with E-state index in [1.165, 1.54) is 12.1 Å². The van der Waals surface area contributed by atoms with Crippen LogP contribution in [-0.2, 0) is 4.79 Å². The minimum Gasteiger partial charge on any atom is -0.476 e. The monoisotopic (exact) mass is 544 g/mol. The smallest absolute Gasteiger partial charge is 0.405 e. The van der Waals surface area contributed by atoms with Crippen molar-refractivity contribution in [3.05, 3.63) is 38.5 Å². The normalized spacial score (nSPS) is 14.9. The molecule has 3 heterocycles. The lowest BCUT2D eigenvalue weighted by atomic mass is 10.0. The van der Waals surface area contributed by atoms with E-state index in [2.05, 4.69) is 31.5 Å². The summed E-state index contributed by atoms with van der Waals surface area (Å²) in [5.41, 5.74) is -0.772. The first-order valence-corrected chi connectivity index (χ1v) is 11.1. The third kappa shape index (κ3) is 4.69. The molecule has 13 heteroatoms. The van der Waals surface area contributed by atoms with Gasteiger partial charge in [-0.2, -0.15) is 13.2 Å². The van der Waals surface area contributed by atoms with Gasteiger partial charge in [0.2, 0.25) is 0 Å². The van der Waals surface area contributed by atoms with Gasteiger partial charge in [-0.25, -0.2) is 0 Å². The molecule has 1 aliphatic rings. The number of halogens is 4. The number of thiophene rings is 1. The number of fused-ring (bicyclic) bond motifs is 2. The summed E-state index contributed by atoms with van der Waals surface area (Å²) in [7, 11) is 0. The van der Waals surface area contributed by atoms with Crippen molar-refractivity contribution in [1.29, 1.82) is 0 Å². The molecule has 3 amide bonds. The number of aromatic amines is 1. The minimum absolute atomic E-state index is 0.0906. The highest BCUT2D eigenvalue weighted by atomic mass is 79.9. The highest BCUT2D eigenvalue weighted by molar-refractivity contribution is 9.11. The van der Waals surface area contributed by atoms with E-state index in [4.69, 9.17) is 4.74 Å². The summed E-state index contributed by atoms with van der Waals surface area (Å²) in [4.78, 5) is 40.8. The largest absolute Gasteiger partial charge is 0.476 e. The number of carbonyl (C=O) groups excluding carboxylic acids is 3. The first-order valence-electron chi connectivity index (χ1n) is 9.46. The van der Waals surface area contributed by atoms with Gasteiger partial charge in [0.05, 0.1) is 25.4 Å². The van der Waals surface area contributed by atoms with Gasteiger partial charge in [-0.05, 0) is 54.0 Å². The number of H-pyrrole nitrogens is 1. The molecule has 4 N–H and O–H groups in total. The maximum absolute atomic E-state index is 12.8. The summed E-state index contributed by atoms with van der Waals surface area (Å²) in [6, 6.07) is 6.13. The van der Waals surface area contributed by atoms with Gasteiger partial charge in [0.25, 0.3) is 17.7 Å². The van der Waals surface area contributed by atoms with Gasteiger partial charge in [-0.3, -0.25) is 14.4 Å². The van der Waals surface area contributed by atoms with E-state index < -0.39 is 30.1 Å². The second kappa shape index (κ2) is 8.06. The molecule has 0 bridgehead atoms. The van der Waals surface area contributed by atoms with Crippen LogP contribution in [0.2, 0.25) is 0 Å². The summed E-state index contributed by atoms with van der Waals surface area (Å²) in [5.74, 6) is -1.85. The molecular formula is C20H16BrF3N4O4S. The number of alkyl halides is 3. The number of nitrogens with one attached hydrogen (secondary N) is 4. The highest BCUT2D eigenvalue weighted by Gasteiger charge is 2.36. The highest BCUT2D eigenvalue weighted by Crippen LogP contribution is 2.39. The molecule has 8 nitrogen and oxygen atoms in total. The first kappa shape index (κ1) is 23.1. The Labute approximate surface area is 197 Å². The van der Waals surface area contributed by atoms with Crippen LogP contribution in [0.25, 0.3) is 10.9 Å². The second-order valence-corrected chi connectivity index (χ2v) is 10.2. The molecule has 0 unspecified atom stereocenters. The number of amides is 3. The maximum atomic E-state index is 12.8. The van der Waals surface area contributed by atoms with E-state index in [0.717, 1.165) is 11.3 Å². The Bertz CT molecular complexity index is 1300. The molecule has 4 rings (SSSR count). The van der Waals surface area contributed by atoms with Crippen molar-refractivity contribution >= 4 is 67.4 Å². The van der Waals surface area contributed by atoms with Gasteiger partial charge in [0.15, 0.2) is 5.60 Å². The van der Waals surface area contributed by atoms with Crippen LogP contribution >= 0.6 is 27.3 Å². The molecule has 1 aromatic carbocycles. The molecule has 0 saturated carbocycles. The third-order valence-corrected chi connectivity index (χ3v) is 6.39. The molecule has 33 heavy (non-hydrogen) atoms. The van der Waals surface area contributed by atoms with E-state index >= 15 is 0 Å². The first-order chi connectivity index (χ1) is 15.3. The Balaban J connectivity index is 1.79. The SMILES string of the molecule is CC1(C)Oc2cc3c(C(=O)NCC(F)(F)F)c(NC(=O)c4ccc(Br)s4)[nH]c3cc2NC1=O. The Morgan fingerprint density at radius 2 is 1.94 bits per heavy atom. The van der Waals surface area contributed by atoms with Crippen LogP contribution in [0.3, 0.4) is 0 Å². The Morgan fingerprint density at radius 1 is 1.21 bits per heavy atom. The van der Waals surface area contributed by atoms with Crippen molar-refractivity contribution in [3.8, 4) is 5.75 Å². The number of hydrogen-bond donors (Lipinski definition) is 4. The quantitative estimate of drug-likeness (QED) is 0.383. The third-order valence-electron chi connectivity index (χ3n) is 4.77. The zero-order chi connectivity index (χ0) is 24.1. The fourth-order valence-electron chi connectivity index (χ4n) is 3.21. The molecule has 0 fully saturated rings. The van der Waals surface area contributed by atoms with Crippen LogP contribution < -0.4 is 20.7 Å². The summed E-state index contributed by atoms with van der Waals surface area (Å²) >= 11 is 4.40. The van der Waals surface area contributed by atoms with Crippen molar-refractivity contribution in [3.63, 3.8) is 0 Å². The molecule has 0 atom stereocenters. The summed E-state index contributed by atoms with van der Waals surface area (Å²) < 4.78 is 44.5. The number of ether oxygens (including phenoxy) is 1. The molecule has 0 aliphatic carbocycles. The summed E-state index contributed by atoms with van der Waals surface area (Å²) in [6.07, 6.45) is -4.62. The van der Waals surface area contributed by atoms with E-state index in [-0.39, 0.29) is 28.4 Å². The molecule has 174 valence electrons. The minimum atomic E-state index is -4.62. The van der Waals surface area contributed by atoms with Gasteiger partial charge in [0.1, 0.15) is 18.1 Å². The molecule has 1 aliphatic heterocycles. The van der Waals surface area contributed by atoms with E-state index in [9.17, 15) is 27.6 Å². The Morgan fingerprint density at radius 3 is 2.58 bits per heavy atom. The molecule has 3 aromatic rings. The van der Waals surface area contributed by atoms with Crippen molar-refractivity contribution in [2.24, 2.45) is 0 Å². The number of hydrogen-bond acceptors (Lipinski definition) is 5. The van der Waals surface area contributed by atoms with Crippen LogP contribution in [0.5, 0.6) is 5.75 Å². The van der Waals surface area contributed by atoms with Gasteiger partial charge < -0.3 is 25.7 Å². The van der Waals surface area contributed by atoms with Gasteiger partial charge in [-0.15, -0.1) is 11.3 Å². The fraction of sp³-hybridized carbons (Fsp3) is 0.250. The average molecular weight is 545 g/mol. The molecule has 0 radical (unpaired) electrons. The molecule has 2 aromatic heterocycles. The standard InChI is InChI=1S/C20H16BrF3N4O4S/c1-19(2)18(31)27-10-6-9-8(5-11(10)32-19)14(17(30)25-7-20(22,23)24)15(26-9)28-16(29)12-3-4-13(21)33-12/h3-6,26H,7H2,1-2H3,(H,25,30)(H,27,31)(H,28,29).